The zero-order valence-corrected chi connectivity index (χ0v) is 14.9. The molecule has 6 nitrogen and oxygen atoms in total. The number of hydrogen-bond donors (Lipinski definition) is 3. The zero-order valence-electron chi connectivity index (χ0n) is 14.9. The third-order valence-corrected chi connectivity index (χ3v) is 4.19. The summed E-state index contributed by atoms with van der Waals surface area (Å²) in [5, 5.41) is 8.06. The summed E-state index contributed by atoms with van der Waals surface area (Å²) in [6.45, 7) is 1.92. The molecule has 0 unspecified atom stereocenters. The third-order valence-electron chi connectivity index (χ3n) is 4.19. The molecular formula is C21H16FN3O3. The summed E-state index contributed by atoms with van der Waals surface area (Å²) in [5.41, 5.74) is 2.74. The van der Waals surface area contributed by atoms with Gasteiger partial charge in [-0.25, -0.2) is 9.18 Å². The summed E-state index contributed by atoms with van der Waals surface area (Å²) < 4.78 is 18.8. The molecule has 0 saturated heterocycles. The summed E-state index contributed by atoms with van der Waals surface area (Å²) >= 11 is 0. The van der Waals surface area contributed by atoms with Crippen LogP contribution in [0.1, 0.15) is 15.9 Å². The van der Waals surface area contributed by atoms with E-state index >= 15 is 0 Å². The Morgan fingerprint density at radius 2 is 1.61 bits per heavy atom. The van der Waals surface area contributed by atoms with Crippen molar-refractivity contribution in [3.8, 4) is 11.5 Å². The molecule has 0 radical (unpaired) electrons. The SMILES string of the molecule is Cc1ccc2c(c1)NC(=O)c1cc(NC(=O)Nc3ccc(F)cc3)ccc1O2. The average Bonchev–Trinajstić information content (AvgIpc) is 2.79. The number of halogens is 1. The van der Waals surface area contributed by atoms with E-state index in [0.29, 0.717) is 34.1 Å². The Labute approximate surface area is 160 Å². The van der Waals surface area contributed by atoms with Crippen molar-refractivity contribution < 1.29 is 18.7 Å². The summed E-state index contributed by atoms with van der Waals surface area (Å²) in [5.74, 6) is 0.220. The maximum atomic E-state index is 12.9. The Balaban J connectivity index is 1.53. The third kappa shape index (κ3) is 3.64. The quantitative estimate of drug-likeness (QED) is 0.579. The molecule has 1 heterocycles. The molecule has 0 atom stereocenters. The van der Waals surface area contributed by atoms with Crippen LogP contribution in [0.25, 0.3) is 0 Å². The van der Waals surface area contributed by atoms with Crippen LogP contribution in [0.5, 0.6) is 11.5 Å². The monoisotopic (exact) mass is 377 g/mol. The van der Waals surface area contributed by atoms with Crippen LogP contribution in [0.2, 0.25) is 0 Å². The number of benzene rings is 3. The maximum Gasteiger partial charge on any atom is 0.323 e. The fourth-order valence-electron chi connectivity index (χ4n) is 2.84. The number of fused-ring (bicyclic) bond motifs is 2. The van der Waals surface area contributed by atoms with E-state index in [-0.39, 0.29) is 11.7 Å². The van der Waals surface area contributed by atoms with Crippen LogP contribution < -0.4 is 20.7 Å². The number of hydrogen-bond acceptors (Lipinski definition) is 3. The highest BCUT2D eigenvalue weighted by molar-refractivity contribution is 6.09. The number of carbonyl (C=O) groups excluding carboxylic acids is 2. The minimum absolute atomic E-state index is 0.299. The van der Waals surface area contributed by atoms with Gasteiger partial charge >= 0.3 is 6.03 Å². The highest BCUT2D eigenvalue weighted by atomic mass is 19.1. The van der Waals surface area contributed by atoms with E-state index in [0.717, 1.165) is 5.56 Å². The lowest BCUT2D eigenvalue weighted by Crippen LogP contribution is -2.20. The van der Waals surface area contributed by atoms with Crippen LogP contribution in [-0.2, 0) is 0 Å². The summed E-state index contributed by atoms with van der Waals surface area (Å²) in [4.78, 5) is 24.7. The smallest absolute Gasteiger partial charge is 0.323 e. The molecule has 1 aliphatic rings. The Morgan fingerprint density at radius 3 is 2.39 bits per heavy atom. The van der Waals surface area contributed by atoms with Gasteiger partial charge < -0.3 is 20.7 Å². The topological polar surface area (TPSA) is 79.5 Å². The van der Waals surface area contributed by atoms with Gasteiger partial charge in [-0.15, -0.1) is 0 Å². The van der Waals surface area contributed by atoms with Gasteiger partial charge in [-0.05, 0) is 67.1 Å². The maximum absolute atomic E-state index is 12.9. The van der Waals surface area contributed by atoms with Crippen LogP contribution in [0.15, 0.2) is 60.7 Å². The number of carbonyl (C=O) groups is 2. The largest absolute Gasteiger partial charge is 0.454 e. The number of rotatable bonds is 2. The van der Waals surface area contributed by atoms with E-state index in [9.17, 15) is 14.0 Å². The van der Waals surface area contributed by atoms with Crippen LogP contribution in [0.3, 0.4) is 0 Å². The number of urea groups is 1. The highest BCUT2D eigenvalue weighted by Crippen LogP contribution is 2.37. The van der Waals surface area contributed by atoms with Crippen molar-refractivity contribution in [3.05, 3.63) is 77.6 Å². The number of aryl methyl sites for hydroxylation is 1. The Hall–Kier alpha value is -3.87. The number of ether oxygens (including phenoxy) is 1. The number of amides is 3. The lowest BCUT2D eigenvalue weighted by atomic mass is 10.1. The van der Waals surface area contributed by atoms with E-state index in [1.165, 1.54) is 30.3 Å². The first-order valence-corrected chi connectivity index (χ1v) is 8.55. The summed E-state index contributed by atoms with van der Waals surface area (Å²) in [6.07, 6.45) is 0. The van der Waals surface area contributed by atoms with E-state index in [2.05, 4.69) is 16.0 Å². The van der Waals surface area contributed by atoms with Crippen molar-refractivity contribution in [2.24, 2.45) is 0 Å². The first-order valence-electron chi connectivity index (χ1n) is 8.55. The van der Waals surface area contributed by atoms with Crippen molar-refractivity contribution in [3.63, 3.8) is 0 Å². The van der Waals surface area contributed by atoms with Gasteiger partial charge in [-0.1, -0.05) is 6.07 Å². The minimum atomic E-state index is -0.514. The standard InChI is InChI=1S/C21H16FN3O3/c1-12-2-8-19-17(10-12)25-20(26)16-11-15(7-9-18(16)28-19)24-21(27)23-14-5-3-13(22)4-6-14/h2-11H,1H3,(H,25,26)(H2,23,24,27). The first kappa shape index (κ1) is 17.5. The van der Waals surface area contributed by atoms with Crippen LogP contribution in [-0.4, -0.2) is 11.9 Å². The molecule has 3 N–H and O–H groups in total. The van der Waals surface area contributed by atoms with Gasteiger partial charge in [0.2, 0.25) is 0 Å². The summed E-state index contributed by atoms with van der Waals surface area (Å²) in [6, 6.07) is 15.2. The van der Waals surface area contributed by atoms with Crippen molar-refractivity contribution in [2.75, 3.05) is 16.0 Å². The molecule has 1 aliphatic heterocycles. The molecule has 4 rings (SSSR count). The molecule has 0 bridgehead atoms. The summed E-state index contributed by atoms with van der Waals surface area (Å²) in [7, 11) is 0. The van der Waals surface area contributed by atoms with Gasteiger partial charge in [-0.3, -0.25) is 4.79 Å². The lowest BCUT2D eigenvalue weighted by Gasteiger charge is -2.11. The predicted octanol–water partition coefficient (Wildman–Crippen LogP) is 5.14. The van der Waals surface area contributed by atoms with Gasteiger partial charge in [0.25, 0.3) is 5.91 Å². The normalized spacial score (nSPS) is 12.0. The molecule has 0 fully saturated rings. The Morgan fingerprint density at radius 1 is 0.929 bits per heavy atom. The molecule has 0 saturated carbocycles. The van der Waals surface area contributed by atoms with Crippen molar-refractivity contribution >= 4 is 29.0 Å². The van der Waals surface area contributed by atoms with E-state index < -0.39 is 6.03 Å². The molecule has 7 heteroatoms. The fourth-order valence-corrected chi connectivity index (χ4v) is 2.84. The van der Waals surface area contributed by atoms with E-state index in [4.69, 9.17) is 4.74 Å². The van der Waals surface area contributed by atoms with Gasteiger partial charge in [0.1, 0.15) is 11.6 Å². The molecule has 0 spiro atoms. The number of anilines is 3. The van der Waals surface area contributed by atoms with Crippen molar-refractivity contribution in [2.45, 2.75) is 6.92 Å². The predicted molar refractivity (Wildman–Crippen MR) is 105 cm³/mol. The minimum Gasteiger partial charge on any atom is -0.454 e. The van der Waals surface area contributed by atoms with Crippen molar-refractivity contribution in [1.29, 1.82) is 0 Å². The molecule has 0 aliphatic carbocycles. The van der Waals surface area contributed by atoms with Crippen molar-refractivity contribution in [1.82, 2.24) is 0 Å². The molecule has 3 amide bonds. The second-order valence-corrected chi connectivity index (χ2v) is 6.35. The molecule has 28 heavy (non-hydrogen) atoms. The zero-order chi connectivity index (χ0) is 19.7. The molecule has 0 aromatic heterocycles. The Bertz CT molecular complexity index is 1080. The Kier molecular flexibility index (Phi) is 4.41. The van der Waals surface area contributed by atoms with E-state index in [1.807, 2.05) is 19.1 Å². The first-order chi connectivity index (χ1) is 13.5. The molecule has 3 aromatic carbocycles. The average molecular weight is 377 g/mol. The molecule has 140 valence electrons. The van der Waals surface area contributed by atoms with Gasteiger partial charge in [0, 0.05) is 11.4 Å². The molecular weight excluding hydrogens is 361 g/mol. The van der Waals surface area contributed by atoms with Crippen LogP contribution >= 0.6 is 0 Å². The second kappa shape index (κ2) is 7.03. The number of nitrogens with one attached hydrogen (secondary N) is 3. The van der Waals surface area contributed by atoms with Gasteiger partial charge in [0.05, 0.1) is 11.3 Å². The van der Waals surface area contributed by atoms with Crippen LogP contribution in [0, 0.1) is 12.7 Å². The second-order valence-electron chi connectivity index (χ2n) is 6.35. The van der Waals surface area contributed by atoms with Gasteiger partial charge in [0.15, 0.2) is 5.75 Å². The van der Waals surface area contributed by atoms with Crippen LogP contribution in [0.4, 0.5) is 26.2 Å². The van der Waals surface area contributed by atoms with Gasteiger partial charge in [-0.2, -0.15) is 0 Å². The molecule has 3 aromatic rings. The fraction of sp³-hybridized carbons (Fsp3) is 0.0476. The van der Waals surface area contributed by atoms with E-state index in [1.54, 1.807) is 18.2 Å². The lowest BCUT2D eigenvalue weighted by molar-refractivity contribution is 0.102. The highest BCUT2D eigenvalue weighted by Gasteiger charge is 2.21.